The van der Waals surface area contributed by atoms with Gasteiger partial charge in [0.15, 0.2) is 0 Å². The van der Waals surface area contributed by atoms with Crippen molar-refractivity contribution in [2.45, 2.75) is 0 Å². The highest BCUT2D eigenvalue weighted by Gasteiger charge is 2.31. The zero-order valence-corrected chi connectivity index (χ0v) is 7.06. The third-order valence-electron chi connectivity index (χ3n) is 1.75. The van der Waals surface area contributed by atoms with Crippen LogP contribution in [0.1, 0.15) is 0 Å². The second-order valence-corrected chi connectivity index (χ2v) is 2.55. The lowest BCUT2D eigenvalue weighted by Gasteiger charge is -2.03. The number of nitrogens with zero attached hydrogens (tertiary/aromatic N) is 3. The van der Waals surface area contributed by atoms with Crippen LogP contribution in [0, 0.1) is 28.6 Å². The summed E-state index contributed by atoms with van der Waals surface area (Å²) < 4.78 is 0. The molecule has 0 saturated carbocycles. The summed E-state index contributed by atoms with van der Waals surface area (Å²) in [7, 11) is 0. The van der Waals surface area contributed by atoms with Gasteiger partial charge in [-0.15, -0.1) is 0 Å². The zero-order valence-electron chi connectivity index (χ0n) is 7.06. The smallest absolute Gasteiger partial charge is 0.313 e. The highest BCUT2D eigenvalue weighted by molar-refractivity contribution is 6.21. The van der Waals surface area contributed by atoms with Crippen LogP contribution in [0.3, 0.4) is 0 Å². The molecular formula is C8H6N4O2. The van der Waals surface area contributed by atoms with Gasteiger partial charge in [-0.05, 0) is 0 Å². The largest absolute Gasteiger partial charge is 0.502 e. The van der Waals surface area contributed by atoms with E-state index in [-0.39, 0.29) is 17.8 Å². The molecule has 1 heterocycles. The van der Waals surface area contributed by atoms with Crippen LogP contribution >= 0.6 is 0 Å². The van der Waals surface area contributed by atoms with Gasteiger partial charge in [0.2, 0.25) is 5.76 Å². The number of allylic oxidation sites excluding steroid dienone is 1. The second-order valence-electron chi connectivity index (χ2n) is 2.55. The maximum atomic E-state index is 10.9. The molecule has 0 bridgehead atoms. The first kappa shape index (κ1) is 9.90. The quantitative estimate of drug-likeness (QED) is 0.601. The van der Waals surface area contributed by atoms with Gasteiger partial charge in [0.05, 0.1) is 11.8 Å². The van der Waals surface area contributed by atoms with E-state index in [1.807, 2.05) is 0 Å². The number of carbonyl (C=O) groups is 1. The summed E-state index contributed by atoms with van der Waals surface area (Å²) in [5.74, 6) is -2.44. The normalized spacial score (nSPS) is 17.4. The summed E-state index contributed by atoms with van der Waals surface area (Å²) in [6.45, 7) is -0.0545. The molecule has 0 radical (unpaired) electrons. The predicted octanol–water partition coefficient (Wildman–Crippen LogP) is -0.598. The fourth-order valence-electron chi connectivity index (χ4n) is 1.03. The minimum absolute atomic E-state index is 0.0417. The molecular weight excluding hydrogens is 184 g/mol. The number of aliphatic hydroxyl groups excluding tert-OH is 1. The first-order chi connectivity index (χ1) is 6.65. The van der Waals surface area contributed by atoms with E-state index in [0.29, 0.717) is 0 Å². The molecule has 0 fully saturated rings. The van der Waals surface area contributed by atoms with E-state index in [2.05, 4.69) is 4.99 Å². The highest BCUT2D eigenvalue weighted by Crippen LogP contribution is 2.18. The zero-order chi connectivity index (χ0) is 10.7. The van der Waals surface area contributed by atoms with Crippen molar-refractivity contribution in [2.75, 3.05) is 6.54 Å². The van der Waals surface area contributed by atoms with E-state index in [1.54, 1.807) is 12.1 Å². The molecule has 0 saturated heterocycles. The number of aliphatic imine (C=N–C) groups is 1. The molecule has 0 spiro atoms. The summed E-state index contributed by atoms with van der Waals surface area (Å²) in [6, 6.07) is 3.41. The van der Waals surface area contributed by atoms with Gasteiger partial charge in [-0.1, -0.05) is 0 Å². The Bertz CT molecular complexity index is 422. The van der Waals surface area contributed by atoms with E-state index in [1.165, 1.54) is 0 Å². The topological polar surface area (TPSA) is 123 Å². The lowest BCUT2D eigenvalue weighted by Crippen LogP contribution is -2.22. The van der Waals surface area contributed by atoms with E-state index < -0.39 is 17.6 Å². The third kappa shape index (κ3) is 1.35. The number of aliphatic hydroxyl groups is 1. The summed E-state index contributed by atoms with van der Waals surface area (Å²) in [5.41, 5.74) is 4.94. The lowest BCUT2D eigenvalue weighted by atomic mass is 9.99. The number of hydrogen-bond acceptors (Lipinski definition) is 5. The molecule has 6 heteroatoms. The van der Waals surface area contributed by atoms with Crippen LogP contribution < -0.4 is 5.73 Å². The summed E-state index contributed by atoms with van der Waals surface area (Å²) in [4.78, 5) is 14.3. The molecule has 1 aliphatic rings. The molecule has 70 valence electrons. The molecule has 1 rings (SSSR count). The molecule has 14 heavy (non-hydrogen) atoms. The molecule has 0 aromatic rings. The molecule has 1 unspecified atom stereocenters. The maximum Gasteiger partial charge on any atom is 0.313 e. The van der Waals surface area contributed by atoms with Crippen molar-refractivity contribution >= 4 is 11.6 Å². The van der Waals surface area contributed by atoms with Crippen molar-refractivity contribution in [3.05, 3.63) is 11.3 Å². The van der Waals surface area contributed by atoms with E-state index in [0.717, 1.165) is 0 Å². The average Bonchev–Trinajstić information content (AvgIpc) is 2.45. The molecule has 0 aromatic heterocycles. The van der Waals surface area contributed by atoms with Crippen LogP contribution in [-0.4, -0.2) is 23.3 Å². The van der Waals surface area contributed by atoms with Crippen LogP contribution in [0.2, 0.25) is 0 Å². The van der Waals surface area contributed by atoms with Crippen LogP contribution in [0.15, 0.2) is 16.3 Å². The molecule has 1 amide bonds. The summed E-state index contributed by atoms with van der Waals surface area (Å²) >= 11 is 0. The summed E-state index contributed by atoms with van der Waals surface area (Å²) in [6.07, 6.45) is 0. The molecule has 0 aliphatic carbocycles. The van der Waals surface area contributed by atoms with Gasteiger partial charge in [0.25, 0.3) is 0 Å². The van der Waals surface area contributed by atoms with Crippen molar-refractivity contribution in [3.63, 3.8) is 0 Å². The monoisotopic (exact) mass is 190 g/mol. The minimum Gasteiger partial charge on any atom is -0.502 e. The Morgan fingerprint density at radius 1 is 1.57 bits per heavy atom. The molecule has 0 aromatic carbocycles. The molecule has 1 atom stereocenters. The predicted molar refractivity (Wildman–Crippen MR) is 45.9 cm³/mol. The van der Waals surface area contributed by atoms with Crippen LogP contribution in [0.5, 0.6) is 0 Å². The Hall–Kier alpha value is -2.18. The summed E-state index contributed by atoms with van der Waals surface area (Å²) in [5, 5.41) is 26.4. The SMILES string of the molecule is N#CC1=C(O)C(=O)N=C1C(C#N)CN. The van der Waals surface area contributed by atoms with Crippen molar-refractivity contribution in [1.82, 2.24) is 0 Å². The fraction of sp³-hybridized carbons (Fsp3) is 0.250. The van der Waals surface area contributed by atoms with Gasteiger partial charge < -0.3 is 10.8 Å². The van der Waals surface area contributed by atoms with Crippen molar-refractivity contribution in [1.29, 1.82) is 10.5 Å². The van der Waals surface area contributed by atoms with E-state index in [4.69, 9.17) is 21.4 Å². The van der Waals surface area contributed by atoms with Crippen molar-refractivity contribution in [3.8, 4) is 12.1 Å². The van der Waals surface area contributed by atoms with Crippen LogP contribution in [0.4, 0.5) is 0 Å². The van der Waals surface area contributed by atoms with E-state index in [9.17, 15) is 4.79 Å². The van der Waals surface area contributed by atoms with Gasteiger partial charge in [0, 0.05) is 6.54 Å². The maximum absolute atomic E-state index is 10.9. The number of amides is 1. The Balaban J connectivity index is 3.17. The Morgan fingerprint density at radius 3 is 2.64 bits per heavy atom. The number of hydrogen-bond donors (Lipinski definition) is 2. The Labute approximate surface area is 79.6 Å². The van der Waals surface area contributed by atoms with Gasteiger partial charge in [-0.2, -0.15) is 10.5 Å². The Kier molecular flexibility index (Phi) is 2.61. The average molecular weight is 190 g/mol. The van der Waals surface area contributed by atoms with Crippen LogP contribution in [-0.2, 0) is 4.79 Å². The van der Waals surface area contributed by atoms with E-state index >= 15 is 0 Å². The fourth-order valence-corrected chi connectivity index (χ4v) is 1.03. The van der Waals surface area contributed by atoms with Crippen molar-refractivity contribution < 1.29 is 9.90 Å². The van der Waals surface area contributed by atoms with Gasteiger partial charge in [-0.3, -0.25) is 4.79 Å². The standard InChI is InChI=1S/C8H6N4O2/c9-1-4(2-10)6-5(3-11)7(13)8(14)12-6/h4H,1,9H2,(H,12,13,14). The first-order valence-corrected chi connectivity index (χ1v) is 3.72. The van der Waals surface area contributed by atoms with Crippen molar-refractivity contribution in [2.24, 2.45) is 16.6 Å². The highest BCUT2D eigenvalue weighted by atomic mass is 16.3. The third-order valence-corrected chi connectivity index (χ3v) is 1.75. The minimum atomic E-state index is -0.898. The van der Waals surface area contributed by atoms with Gasteiger partial charge in [-0.25, -0.2) is 4.99 Å². The van der Waals surface area contributed by atoms with Gasteiger partial charge in [0.1, 0.15) is 17.6 Å². The number of carbonyl (C=O) groups excluding carboxylic acids is 1. The number of nitriles is 2. The lowest BCUT2D eigenvalue weighted by molar-refractivity contribution is -0.116. The number of rotatable bonds is 2. The first-order valence-electron chi connectivity index (χ1n) is 3.72. The second kappa shape index (κ2) is 3.69. The Morgan fingerprint density at radius 2 is 2.21 bits per heavy atom. The molecule has 3 N–H and O–H groups in total. The molecule has 6 nitrogen and oxygen atoms in total. The molecule has 1 aliphatic heterocycles. The number of nitrogens with two attached hydrogens (primary N) is 1. The van der Waals surface area contributed by atoms with Gasteiger partial charge >= 0.3 is 5.91 Å². The van der Waals surface area contributed by atoms with Crippen LogP contribution in [0.25, 0.3) is 0 Å².